The van der Waals surface area contributed by atoms with E-state index in [-0.39, 0.29) is 0 Å². The summed E-state index contributed by atoms with van der Waals surface area (Å²) >= 11 is 1.94. The summed E-state index contributed by atoms with van der Waals surface area (Å²) in [5.74, 6) is 1.17. The van der Waals surface area contributed by atoms with E-state index in [9.17, 15) is 4.79 Å². The SMILES string of the molecule is CNCC1CCC(C(=O)I)CC1. The van der Waals surface area contributed by atoms with Crippen molar-refractivity contribution in [1.29, 1.82) is 0 Å². The second kappa shape index (κ2) is 5.17. The van der Waals surface area contributed by atoms with Gasteiger partial charge < -0.3 is 5.32 Å². The van der Waals surface area contributed by atoms with Crippen LogP contribution in [0.5, 0.6) is 0 Å². The number of nitrogens with one attached hydrogen (secondary N) is 1. The van der Waals surface area contributed by atoms with Gasteiger partial charge in [0.25, 0.3) is 0 Å². The van der Waals surface area contributed by atoms with Gasteiger partial charge in [-0.25, -0.2) is 0 Å². The minimum absolute atomic E-state index is 0.357. The fourth-order valence-electron chi connectivity index (χ4n) is 1.88. The quantitative estimate of drug-likeness (QED) is 0.633. The largest absolute Gasteiger partial charge is 0.319 e. The van der Waals surface area contributed by atoms with Crippen LogP contribution < -0.4 is 5.32 Å². The molecule has 1 saturated carbocycles. The van der Waals surface area contributed by atoms with Gasteiger partial charge in [-0.05, 0) is 67.8 Å². The second-order valence-corrected chi connectivity index (χ2v) is 4.64. The second-order valence-electron chi connectivity index (χ2n) is 3.58. The van der Waals surface area contributed by atoms with Gasteiger partial charge in [0, 0.05) is 5.92 Å². The molecular formula is C9H16INO. The number of carbonyl (C=O) groups excluding carboxylic acids is 1. The zero-order chi connectivity index (χ0) is 8.97. The van der Waals surface area contributed by atoms with Gasteiger partial charge >= 0.3 is 0 Å². The van der Waals surface area contributed by atoms with Crippen molar-refractivity contribution in [3.8, 4) is 0 Å². The summed E-state index contributed by atoms with van der Waals surface area (Å²) in [5, 5.41) is 3.19. The maximum absolute atomic E-state index is 11.0. The zero-order valence-corrected chi connectivity index (χ0v) is 9.63. The average molecular weight is 281 g/mol. The molecule has 3 heteroatoms. The molecule has 1 N–H and O–H groups in total. The van der Waals surface area contributed by atoms with E-state index in [1.54, 1.807) is 0 Å². The van der Waals surface area contributed by atoms with Crippen LogP contribution in [0.4, 0.5) is 0 Å². The minimum Gasteiger partial charge on any atom is -0.319 e. The molecule has 0 aromatic carbocycles. The van der Waals surface area contributed by atoms with Crippen molar-refractivity contribution in [3.63, 3.8) is 0 Å². The lowest BCUT2D eigenvalue weighted by Crippen LogP contribution is -2.25. The molecule has 1 rings (SSSR count). The summed E-state index contributed by atoms with van der Waals surface area (Å²) in [5.41, 5.74) is 0. The van der Waals surface area contributed by atoms with Crippen molar-refractivity contribution in [2.24, 2.45) is 11.8 Å². The highest BCUT2D eigenvalue weighted by Crippen LogP contribution is 2.30. The van der Waals surface area contributed by atoms with Gasteiger partial charge in [0.2, 0.25) is 0 Å². The Morgan fingerprint density at radius 2 is 2.00 bits per heavy atom. The summed E-state index contributed by atoms with van der Waals surface area (Å²) in [6.45, 7) is 1.11. The molecule has 0 bridgehead atoms. The number of carbonyl (C=O) groups is 1. The Balaban J connectivity index is 2.25. The van der Waals surface area contributed by atoms with Crippen LogP contribution in [0.1, 0.15) is 25.7 Å². The molecule has 0 aromatic rings. The molecule has 0 saturated heterocycles. The van der Waals surface area contributed by atoms with Crippen molar-refractivity contribution in [2.45, 2.75) is 25.7 Å². The first kappa shape index (κ1) is 10.4. The lowest BCUT2D eigenvalue weighted by atomic mass is 9.83. The number of rotatable bonds is 3. The Morgan fingerprint density at radius 3 is 2.42 bits per heavy atom. The highest BCUT2D eigenvalue weighted by molar-refractivity contribution is 14.1. The molecule has 0 heterocycles. The van der Waals surface area contributed by atoms with E-state index in [0.29, 0.717) is 9.71 Å². The van der Waals surface area contributed by atoms with E-state index in [1.165, 1.54) is 12.8 Å². The van der Waals surface area contributed by atoms with Crippen LogP contribution in [0.15, 0.2) is 0 Å². The Morgan fingerprint density at radius 1 is 1.42 bits per heavy atom. The number of hydrogen-bond acceptors (Lipinski definition) is 2. The maximum Gasteiger partial charge on any atom is 0.195 e. The minimum atomic E-state index is 0.357. The highest BCUT2D eigenvalue weighted by atomic mass is 127. The van der Waals surface area contributed by atoms with Crippen molar-refractivity contribution in [2.75, 3.05) is 13.6 Å². The number of hydrogen-bond donors (Lipinski definition) is 1. The maximum atomic E-state index is 11.0. The normalized spacial score (nSPS) is 30.2. The molecule has 0 amide bonds. The lowest BCUT2D eigenvalue weighted by molar-refractivity contribution is -0.113. The van der Waals surface area contributed by atoms with Crippen LogP contribution in [0.2, 0.25) is 0 Å². The molecule has 0 spiro atoms. The van der Waals surface area contributed by atoms with Crippen LogP contribution >= 0.6 is 22.6 Å². The van der Waals surface area contributed by atoms with Gasteiger partial charge in [0.1, 0.15) is 0 Å². The molecule has 1 fully saturated rings. The molecule has 0 aromatic heterocycles. The van der Waals surface area contributed by atoms with Crippen molar-refractivity contribution < 1.29 is 4.79 Å². The Kier molecular flexibility index (Phi) is 4.50. The van der Waals surface area contributed by atoms with E-state index in [0.717, 1.165) is 25.3 Å². The van der Waals surface area contributed by atoms with Gasteiger partial charge in [-0.2, -0.15) is 0 Å². The predicted octanol–water partition coefficient (Wildman–Crippen LogP) is 1.97. The topological polar surface area (TPSA) is 29.1 Å². The van der Waals surface area contributed by atoms with E-state index in [1.807, 2.05) is 29.6 Å². The van der Waals surface area contributed by atoms with Crippen LogP contribution in [-0.4, -0.2) is 17.4 Å². The van der Waals surface area contributed by atoms with Crippen LogP contribution in [0.25, 0.3) is 0 Å². The Hall–Kier alpha value is 0.360. The van der Waals surface area contributed by atoms with E-state index >= 15 is 0 Å². The summed E-state index contributed by atoms with van der Waals surface area (Å²) in [6.07, 6.45) is 4.66. The molecule has 12 heavy (non-hydrogen) atoms. The third-order valence-corrected chi connectivity index (χ3v) is 3.54. The smallest absolute Gasteiger partial charge is 0.195 e. The molecule has 2 nitrogen and oxygen atoms in total. The zero-order valence-electron chi connectivity index (χ0n) is 7.48. The molecule has 0 atom stereocenters. The predicted molar refractivity (Wildman–Crippen MR) is 58.4 cm³/mol. The Labute approximate surface area is 87.6 Å². The fraction of sp³-hybridized carbons (Fsp3) is 0.889. The van der Waals surface area contributed by atoms with Gasteiger partial charge in [0.15, 0.2) is 3.79 Å². The monoisotopic (exact) mass is 281 g/mol. The molecule has 0 radical (unpaired) electrons. The molecule has 1 aliphatic carbocycles. The first-order chi connectivity index (χ1) is 5.74. The van der Waals surface area contributed by atoms with Gasteiger partial charge in [0.05, 0.1) is 0 Å². The van der Waals surface area contributed by atoms with E-state index in [2.05, 4.69) is 5.32 Å². The van der Waals surface area contributed by atoms with Gasteiger partial charge in [-0.3, -0.25) is 4.79 Å². The average Bonchev–Trinajstić information content (AvgIpc) is 2.06. The summed E-state index contributed by atoms with van der Waals surface area (Å²) < 4.78 is 0.357. The van der Waals surface area contributed by atoms with Crippen molar-refractivity contribution in [1.82, 2.24) is 5.32 Å². The first-order valence-corrected chi connectivity index (χ1v) is 5.66. The lowest BCUT2D eigenvalue weighted by Gasteiger charge is -2.26. The highest BCUT2D eigenvalue weighted by Gasteiger charge is 2.23. The molecule has 1 aliphatic rings. The van der Waals surface area contributed by atoms with Crippen LogP contribution in [-0.2, 0) is 4.79 Å². The first-order valence-electron chi connectivity index (χ1n) is 4.58. The third kappa shape index (κ3) is 3.01. The molecular weight excluding hydrogens is 265 g/mol. The van der Waals surface area contributed by atoms with E-state index < -0.39 is 0 Å². The molecule has 70 valence electrons. The molecule has 0 unspecified atom stereocenters. The van der Waals surface area contributed by atoms with Gasteiger partial charge in [-0.1, -0.05) is 0 Å². The summed E-state index contributed by atoms with van der Waals surface area (Å²) in [7, 11) is 2.00. The van der Waals surface area contributed by atoms with Crippen LogP contribution in [0, 0.1) is 11.8 Å². The summed E-state index contributed by atoms with van der Waals surface area (Å²) in [4.78, 5) is 11.0. The van der Waals surface area contributed by atoms with Crippen LogP contribution in [0.3, 0.4) is 0 Å². The van der Waals surface area contributed by atoms with Crippen molar-refractivity contribution in [3.05, 3.63) is 0 Å². The molecule has 0 aliphatic heterocycles. The Bertz CT molecular complexity index is 153. The van der Waals surface area contributed by atoms with E-state index in [4.69, 9.17) is 0 Å². The standard InChI is InChI=1S/C9H16INO/c1-11-6-7-2-4-8(5-3-7)9(10)12/h7-8,11H,2-6H2,1H3. The third-order valence-electron chi connectivity index (χ3n) is 2.66. The summed E-state index contributed by atoms with van der Waals surface area (Å²) in [6, 6.07) is 0. The fourth-order valence-corrected chi connectivity index (χ4v) is 2.51. The van der Waals surface area contributed by atoms with Crippen molar-refractivity contribution >= 4 is 26.4 Å². The number of halogens is 1. The van der Waals surface area contributed by atoms with Gasteiger partial charge in [-0.15, -0.1) is 0 Å².